The van der Waals surface area contributed by atoms with Crippen molar-refractivity contribution in [2.24, 2.45) is 5.92 Å². The third-order valence-electron chi connectivity index (χ3n) is 4.04. The van der Waals surface area contributed by atoms with Crippen molar-refractivity contribution < 1.29 is 4.79 Å². The Bertz CT molecular complexity index is 465. The number of hydrogen-bond donors (Lipinski definition) is 0. The molecule has 1 saturated carbocycles. The predicted molar refractivity (Wildman–Crippen MR) is 78.2 cm³/mol. The van der Waals surface area contributed by atoms with Gasteiger partial charge in [-0.25, -0.2) is 0 Å². The lowest BCUT2D eigenvalue weighted by Gasteiger charge is -2.36. The minimum atomic E-state index is 0.623. The molecule has 2 aliphatic rings. The van der Waals surface area contributed by atoms with E-state index in [1.807, 2.05) is 12.1 Å². The second-order valence-corrected chi connectivity index (χ2v) is 5.99. The second-order valence-electron chi connectivity index (χ2n) is 5.55. The summed E-state index contributed by atoms with van der Waals surface area (Å²) >= 11 is 5.94. The van der Waals surface area contributed by atoms with Gasteiger partial charge in [0.1, 0.15) is 0 Å². The molecule has 1 heterocycles. The number of carbonyl (C=O) groups is 1. The third kappa shape index (κ3) is 3.10. The van der Waals surface area contributed by atoms with E-state index < -0.39 is 0 Å². The number of anilines is 1. The maximum atomic E-state index is 11.1. The number of hydrogen-bond acceptors (Lipinski definition) is 3. The van der Waals surface area contributed by atoms with Crippen LogP contribution < -0.4 is 4.90 Å². The largest absolute Gasteiger partial charge is 0.368 e. The Hall–Kier alpha value is -1.06. The molecule has 3 rings (SSSR count). The lowest BCUT2D eigenvalue weighted by molar-refractivity contribution is 0.112. The van der Waals surface area contributed by atoms with Crippen molar-refractivity contribution in [2.45, 2.75) is 12.8 Å². The van der Waals surface area contributed by atoms with E-state index >= 15 is 0 Å². The van der Waals surface area contributed by atoms with Crippen LogP contribution in [0.2, 0.25) is 5.02 Å². The molecule has 0 spiro atoms. The summed E-state index contributed by atoms with van der Waals surface area (Å²) in [7, 11) is 0. The average molecular weight is 279 g/mol. The molecule has 4 heteroatoms. The summed E-state index contributed by atoms with van der Waals surface area (Å²) in [5.41, 5.74) is 1.72. The van der Waals surface area contributed by atoms with Gasteiger partial charge in [0.25, 0.3) is 0 Å². The molecule has 1 aromatic rings. The molecule has 1 aromatic carbocycles. The Balaban J connectivity index is 1.65. The fraction of sp³-hybridized carbons (Fsp3) is 0.533. The molecule has 0 atom stereocenters. The molecule has 19 heavy (non-hydrogen) atoms. The van der Waals surface area contributed by atoms with Gasteiger partial charge in [-0.15, -0.1) is 0 Å². The zero-order valence-electron chi connectivity index (χ0n) is 11.0. The van der Waals surface area contributed by atoms with Gasteiger partial charge in [0.2, 0.25) is 0 Å². The number of halogens is 1. The Labute approximate surface area is 119 Å². The van der Waals surface area contributed by atoms with Crippen LogP contribution >= 0.6 is 11.6 Å². The van der Waals surface area contributed by atoms with Crippen LogP contribution in [-0.2, 0) is 0 Å². The molecule has 0 amide bonds. The van der Waals surface area contributed by atoms with Crippen LogP contribution in [0.5, 0.6) is 0 Å². The first kappa shape index (κ1) is 12.9. The topological polar surface area (TPSA) is 23.6 Å². The first-order chi connectivity index (χ1) is 9.26. The number of rotatable bonds is 4. The number of nitrogens with zero attached hydrogens (tertiary/aromatic N) is 2. The second kappa shape index (κ2) is 5.51. The van der Waals surface area contributed by atoms with Crippen LogP contribution in [0.1, 0.15) is 23.2 Å². The maximum absolute atomic E-state index is 11.1. The van der Waals surface area contributed by atoms with Crippen molar-refractivity contribution in [1.82, 2.24) is 4.90 Å². The van der Waals surface area contributed by atoms with Gasteiger partial charge in [0, 0.05) is 49.0 Å². The first-order valence-electron chi connectivity index (χ1n) is 6.98. The van der Waals surface area contributed by atoms with Crippen LogP contribution in [0.25, 0.3) is 0 Å². The molecule has 1 saturated heterocycles. The highest BCUT2D eigenvalue weighted by molar-refractivity contribution is 6.31. The molecule has 0 N–H and O–H groups in total. The maximum Gasteiger partial charge on any atom is 0.152 e. The van der Waals surface area contributed by atoms with E-state index in [-0.39, 0.29) is 0 Å². The molecule has 3 nitrogen and oxygen atoms in total. The molecule has 0 bridgehead atoms. The summed E-state index contributed by atoms with van der Waals surface area (Å²) in [5, 5.41) is 0.623. The van der Waals surface area contributed by atoms with Crippen molar-refractivity contribution in [3.63, 3.8) is 0 Å². The molecule has 1 aliphatic carbocycles. The number of piperazine rings is 1. The highest BCUT2D eigenvalue weighted by Crippen LogP contribution is 2.30. The summed E-state index contributed by atoms with van der Waals surface area (Å²) in [6, 6.07) is 5.57. The van der Waals surface area contributed by atoms with Gasteiger partial charge in [-0.3, -0.25) is 9.69 Å². The van der Waals surface area contributed by atoms with Crippen LogP contribution in [0.15, 0.2) is 18.2 Å². The fourth-order valence-corrected chi connectivity index (χ4v) is 2.93. The van der Waals surface area contributed by atoms with Gasteiger partial charge < -0.3 is 4.90 Å². The third-order valence-corrected chi connectivity index (χ3v) is 4.28. The monoisotopic (exact) mass is 278 g/mol. The minimum Gasteiger partial charge on any atom is -0.368 e. The standard InChI is InChI=1S/C15H19ClN2O/c16-14-3-4-15(13(9-14)11-19)18-7-5-17(6-8-18)10-12-1-2-12/h3-4,9,11-12H,1-2,5-8,10H2. The van der Waals surface area contributed by atoms with Crippen molar-refractivity contribution >= 4 is 23.6 Å². The predicted octanol–water partition coefficient (Wildman–Crippen LogP) is 2.68. The molecular weight excluding hydrogens is 260 g/mol. The van der Waals surface area contributed by atoms with E-state index in [2.05, 4.69) is 9.80 Å². The van der Waals surface area contributed by atoms with Crippen molar-refractivity contribution in [2.75, 3.05) is 37.6 Å². The number of benzene rings is 1. The van der Waals surface area contributed by atoms with Crippen molar-refractivity contribution in [3.8, 4) is 0 Å². The normalized spacial score (nSPS) is 20.6. The highest BCUT2D eigenvalue weighted by atomic mass is 35.5. The average Bonchev–Trinajstić information content (AvgIpc) is 3.24. The van der Waals surface area contributed by atoms with Crippen molar-refractivity contribution in [3.05, 3.63) is 28.8 Å². The zero-order chi connectivity index (χ0) is 13.2. The minimum absolute atomic E-state index is 0.623. The quantitative estimate of drug-likeness (QED) is 0.791. The summed E-state index contributed by atoms with van der Waals surface area (Å²) < 4.78 is 0. The van der Waals surface area contributed by atoms with E-state index in [1.165, 1.54) is 19.4 Å². The van der Waals surface area contributed by atoms with E-state index in [1.54, 1.807) is 6.07 Å². The SMILES string of the molecule is O=Cc1cc(Cl)ccc1N1CCN(CC2CC2)CC1. The molecule has 102 valence electrons. The van der Waals surface area contributed by atoms with Crippen LogP contribution in [0.4, 0.5) is 5.69 Å². The van der Waals surface area contributed by atoms with Gasteiger partial charge in [0.05, 0.1) is 0 Å². The summed E-state index contributed by atoms with van der Waals surface area (Å²) in [5.74, 6) is 0.951. The molecular formula is C15H19ClN2O. The van der Waals surface area contributed by atoms with Gasteiger partial charge in [-0.05, 0) is 37.0 Å². The Morgan fingerprint density at radius 3 is 2.58 bits per heavy atom. The summed E-state index contributed by atoms with van der Waals surface area (Å²) in [6.07, 6.45) is 3.72. The van der Waals surface area contributed by atoms with E-state index in [4.69, 9.17) is 11.6 Å². The smallest absolute Gasteiger partial charge is 0.152 e. The lowest BCUT2D eigenvalue weighted by atomic mass is 10.1. The van der Waals surface area contributed by atoms with Gasteiger partial charge in [-0.2, -0.15) is 0 Å². The van der Waals surface area contributed by atoms with Crippen LogP contribution in [-0.4, -0.2) is 43.9 Å². The Morgan fingerprint density at radius 1 is 1.21 bits per heavy atom. The summed E-state index contributed by atoms with van der Waals surface area (Å²) in [6.45, 7) is 5.44. The van der Waals surface area contributed by atoms with Crippen molar-refractivity contribution in [1.29, 1.82) is 0 Å². The van der Waals surface area contributed by atoms with E-state index in [0.717, 1.165) is 44.1 Å². The highest BCUT2D eigenvalue weighted by Gasteiger charge is 2.26. The van der Waals surface area contributed by atoms with Crippen LogP contribution in [0, 0.1) is 5.92 Å². The van der Waals surface area contributed by atoms with Gasteiger partial charge >= 0.3 is 0 Å². The van der Waals surface area contributed by atoms with E-state index in [0.29, 0.717) is 10.6 Å². The first-order valence-corrected chi connectivity index (χ1v) is 7.36. The fourth-order valence-electron chi connectivity index (χ4n) is 2.74. The molecule has 0 unspecified atom stereocenters. The summed E-state index contributed by atoms with van der Waals surface area (Å²) in [4.78, 5) is 16.0. The van der Waals surface area contributed by atoms with Gasteiger partial charge in [0.15, 0.2) is 6.29 Å². The molecule has 1 aliphatic heterocycles. The Morgan fingerprint density at radius 2 is 1.95 bits per heavy atom. The number of aldehydes is 1. The van der Waals surface area contributed by atoms with Gasteiger partial charge in [-0.1, -0.05) is 11.6 Å². The van der Waals surface area contributed by atoms with Crippen LogP contribution in [0.3, 0.4) is 0 Å². The zero-order valence-corrected chi connectivity index (χ0v) is 11.8. The lowest BCUT2D eigenvalue weighted by Crippen LogP contribution is -2.47. The van der Waals surface area contributed by atoms with E-state index in [9.17, 15) is 4.79 Å². The molecule has 2 fully saturated rings. The Kier molecular flexibility index (Phi) is 3.76. The number of carbonyl (C=O) groups excluding carboxylic acids is 1. The molecule has 0 aromatic heterocycles. The molecule has 0 radical (unpaired) electrons.